The zero-order valence-corrected chi connectivity index (χ0v) is 8.94. The number of aliphatic hydroxyl groups excluding tert-OH is 1. The lowest BCUT2D eigenvalue weighted by atomic mass is 10.0. The van der Waals surface area contributed by atoms with Crippen molar-refractivity contribution < 1.29 is 18.3 Å². The molecule has 0 spiro atoms. The summed E-state index contributed by atoms with van der Waals surface area (Å²) in [5.74, 6) is -0.387. The van der Waals surface area contributed by atoms with Crippen molar-refractivity contribution in [1.29, 1.82) is 0 Å². The van der Waals surface area contributed by atoms with Crippen LogP contribution in [-0.2, 0) is 6.18 Å². The minimum absolute atomic E-state index is 0.0577. The van der Waals surface area contributed by atoms with Crippen molar-refractivity contribution in [2.45, 2.75) is 13.1 Å². The molecule has 0 aliphatic carbocycles. The Hall–Kier alpha value is -1.65. The smallest absolute Gasteiger partial charge is 0.416 e. The van der Waals surface area contributed by atoms with Gasteiger partial charge in [0, 0.05) is 18.3 Å². The zero-order chi connectivity index (χ0) is 12.5. The molecule has 0 aliphatic rings. The molecular weight excluding hydrogens is 219 g/mol. The lowest BCUT2D eigenvalue weighted by Gasteiger charge is -2.15. The van der Waals surface area contributed by atoms with Gasteiger partial charge in [-0.05, 0) is 24.6 Å². The van der Waals surface area contributed by atoms with Gasteiger partial charge in [0.15, 0.2) is 0 Å². The van der Waals surface area contributed by atoms with E-state index in [-0.39, 0.29) is 16.9 Å². The number of anilines is 1. The van der Waals surface area contributed by atoms with Crippen molar-refractivity contribution in [3.63, 3.8) is 0 Å². The average Bonchev–Trinajstić information content (AvgIpc) is 2.15. The predicted molar refractivity (Wildman–Crippen MR) is 57.4 cm³/mol. The fourth-order valence-corrected chi connectivity index (χ4v) is 1.43. The van der Waals surface area contributed by atoms with Crippen LogP contribution in [0.2, 0.25) is 0 Å². The Morgan fingerprint density at radius 3 is 2.31 bits per heavy atom. The molecule has 0 saturated carbocycles. The number of nitrogens with one attached hydrogen (secondary N) is 1. The Bertz CT molecular complexity index is 424. The number of alkyl halides is 3. The molecule has 1 rings (SSSR count). The molecule has 2 nitrogen and oxygen atoms in total. The summed E-state index contributed by atoms with van der Waals surface area (Å²) in [6.07, 6.45) is -4.44. The highest BCUT2D eigenvalue weighted by Gasteiger charge is 2.33. The molecule has 1 aromatic carbocycles. The maximum absolute atomic E-state index is 12.7. The molecule has 0 aliphatic heterocycles. The van der Waals surface area contributed by atoms with Gasteiger partial charge in [-0.15, -0.1) is 0 Å². The summed E-state index contributed by atoms with van der Waals surface area (Å²) in [7, 11) is 1.52. The Kier molecular flexibility index (Phi) is 3.16. The first kappa shape index (κ1) is 12.4. The van der Waals surface area contributed by atoms with Gasteiger partial charge < -0.3 is 10.4 Å². The summed E-state index contributed by atoms with van der Waals surface area (Å²) >= 11 is 0. The first-order valence-corrected chi connectivity index (χ1v) is 4.55. The maximum atomic E-state index is 12.7. The standard InChI is InChI=1S/C11H12F3NO/c1-6-9(11(12,13)14)4-8(7(2)16)5-10(6)15-3/h4-5,15-16H,2H2,1,3H3. The highest BCUT2D eigenvalue weighted by atomic mass is 19.4. The van der Waals surface area contributed by atoms with E-state index in [4.69, 9.17) is 5.11 Å². The van der Waals surface area contributed by atoms with E-state index in [2.05, 4.69) is 11.9 Å². The molecule has 88 valence electrons. The maximum Gasteiger partial charge on any atom is 0.416 e. The summed E-state index contributed by atoms with van der Waals surface area (Å²) in [5.41, 5.74) is -0.299. The normalized spacial score (nSPS) is 11.3. The largest absolute Gasteiger partial charge is 0.508 e. The van der Waals surface area contributed by atoms with Gasteiger partial charge in [-0.3, -0.25) is 0 Å². The van der Waals surface area contributed by atoms with Crippen LogP contribution in [0.15, 0.2) is 18.7 Å². The minimum atomic E-state index is -4.44. The van der Waals surface area contributed by atoms with Crippen LogP contribution in [0.3, 0.4) is 0 Å². The molecule has 0 amide bonds. The summed E-state index contributed by atoms with van der Waals surface area (Å²) < 4.78 is 38.0. The van der Waals surface area contributed by atoms with Crippen LogP contribution in [0, 0.1) is 6.92 Å². The van der Waals surface area contributed by atoms with Gasteiger partial charge in [-0.2, -0.15) is 13.2 Å². The van der Waals surface area contributed by atoms with Crippen LogP contribution in [0.25, 0.3) is 5.76 Å². The molecule has 0 saturated heterocycles. The van der Waals surface area contributed by atoms with E-state index >= 15 is 0 Å². The fourth-order valence-electron chi connectivity index (χ4n) is 1.43. The molecule has 0 unspecified atom stereocenters. The summed E-state index contributed by atoms with van der Waals surface area (Å²) in [6, 6.07) is 2.31. The Morgan fingerprint density at radius 1 is 1.38 bits per heavy atom. The average molecular weight is 231 g/mol. The predicted octanol–water partition coefficient (Wildman–Crippen LogP) is 3.58. The summed E-state index contributed by atoms with van der Waals surface area (Å²) in [5, 5.41) is 11.8. The second-order valence-corrected chi connectivity index (χ2v) is 3.39. The molecule has 0 fully saturated rings. The third-order valence-electron chi connectivity index (χ3n) is 2.32. The molecule has 0 radical (unpaired) electrons. The first-order valence-electron chi connectivity index (χ1n) is 4.55. The van der Waals surface area contributed by atoms with Crippen LogP contribution in [-0.4, -0.2) is 12.2 Å². The number of benzene rings is 1. The molecule has 5 heteroatoms. The highest BCUT2D eigenvalue weighted by Crippen LogP contribution is 2.36. The molecule has 16 heavy (non-hydrogen) atoms. The third kappa shape index (κ3) is 2.29. The molecule has 1 aromatic rings. The van der Waals surface area contributed by atoms with Crippen molar-refractivity contribution in [1.82, 2.24) is 0 Å². The number of aliphatic hydroxyl groups is 1. The van der Waals surface area contributed by atoms with Crippen LogP contribution in [0.1, 0.15) is 16.7 Å². The van der Waals surface area contributed by atoms with Gasteiger partial charge in [0.25, 0.3) is 0 Å². The van der Waals surface area contributed by atoms with Gasteiger partial charge in [0.05, 0.1) is 5.56 Å². The highest BCUT2D eigenvalue weighted by molar-refractivity contribution is 5.66. The third-order valence-corrected chi connectivity index (χ3v) is 2.32. The molecule has 0 aromatic heterocycles. The van der Waals surface area contributed by atoms with E-state index in [1.165, 1.54) is 20.0 Å². The topological polar surface area (TPSA) is 32.3 Å². The van der Waals surface area contributed by atoms with E-state index in [1.54, 1.807) is 0 Å². The Labute approximate surface area is 91.4 Å². The molecule has 0 bridgehead atoms. The zero-order valence-electron chi connectivity index (χ0n) is 8.94. The van der Waals surface area contributed by atoms with E-state index in [9.17, 15) is 13.2 Å². The molecular formula is C11H12F3NO. The van der Waals surface area contributed by atoms with Gasteiger partial charge in [0.1, 0.15) is 5.76 Å². The van der Waals surface area contributed by atoms with Gasteiger partial charge >= 0.3 is 6.18 Å². The molecule has 0 atom stereocenters. The monoisotopic (exact) mass is 231 g/mol. The van der Waals surface area contributed by atoms with E-state index in [1.807, 2.05) is 0 Å². The Morgan fingerprint density at radius 2 is 1.94 bits per heavy atom. The quantitative estimate of drug-likeness (QED) is 0.762. The first-order chi connectivity index (χ1) is 7.27. The second kappa shape index (κ2) is 4.08. The SMILES string of the molecule is C=C(O)c1cc(NC)c(C)c(C(F)(F)F)c1. The number of halogens is 3. The molecule has 2 N–H and O–H groups in total. The second-order valence-electron chi connectivity index (χ2n) is 3.39. The number of hydrogen-bond donors (Lipinski definition) is 2. The Balaban J connectivity index is 3.48. The van der Waals surface area contributed by atoms with Crippen LogP contribution < -0.4 is 5.32 Å². The number of hydrogen-bond acceptors (Lipinski definition) is 2. The van der Waals surface area contributed by atoms with E-state index in [0.29, 0.717) is 5.69 Å². The summed E-state index contributed by atoms with van der Waals surface area (Å²) in [6.45, 7) is 4.59. The lowest BCUT2D eigenvalue weighted by molar-refractivity contribution is -0.138. The van der Waals surface area contributed by atoms with Gasteiger partial charge in [0.2, 0.25) is 0 Å². The van der Waals surface area contributed by atoms with Crippen LogP contribution in [0.4, 0.5) is 18.9 Å². The summed E-state index contributed by atoms with van der Waals surface area (Å²) in [4.78, 5) is 0. The van der Waals surface area contributed by atoms with Crippen LogP contribution >= 0.6 is 0 Å². The lowest BCUT2D eigenvalue weighted by Crippen LogP contribution is -2.10. The van der Waals surface area contributed by atoms with Crippen LogP contribution in [0.5, 0.6) is 0 Å². The van der Waals surface area contributed by atoms with Crippen molar-refractivity contribution in [2.24, 2.45) is 0 Å². The van der Waals surface area contributed by atoms with E-state index < -0.39 is 11.7 Å². The van der Waals surface area contributed by atoms with Gasteiger partial charge in [-0.25, -0.2) is 0 Å². The minimum Gasteiger partial charge on any atom is -0.508 e. The van der Waals surface area contributed by atoms with E-state index in [0.717, 1.165) is 6.07 Å². The van der Waals surface area contributed by atoms with Crippen molar-refractivity contribution in [3.05, 3.63) is 35.4 Å². The fraction of sp³-hybridized carbons (Fsp3) is 0.273. The van der Waals surface area contributed by atoms with Crippen molar-refractivity contribution in [2.75, 3.05) is 12.4 Å². The van der Waals surface area contributed by atoms with Crippen molar-refractivity contribution in [3.8, 4) is 0 Å². The van der Waals surface area contributed by atoms with Crippen molar-refractivity contribution >= 4 is 11.4 Å². The number of rotatable bonds is 2. The van der Waals surface area contributed by atoms with Gasteiger partial charge in [-0.1, -0.05) is 6.58 Å². The molecule has 0 heterocycles.